The molecule has 0 N–H and O–H groups in total. The summed E-state index contributed by atoms with van der Waals surface area (Å²) in [5.41, 5.74) is -0.183. The Balaban J connectivity index is 2.07. The van der Waals surface area contributed by atoms with Crippen LogP contribution in [0.2, 0.25) is 0 Å². The molecule has 19 heavy (non-hydrogen) atoms. The smallest absolute Gasteiger partial charge is 0.309 e. The van der Waals surface area contributed by atoms with E-state index in [1.165, 1.54) is 0 Å². The summed E-state index contributed by atoms with van der Waals surface area (Å²) in [5.74, 6) is -0.439. The summed E-state index contributed by atoms with van der Waals surface area (Å²) in [7, 11) is 0. The summed E-state index contributed by atoms with van der Waals surface area (Å²) in [5, 5.41) is 18.8. The lowest BCUT2D eigenvalue weighted by Gasteiger charge is -2.36. The molecule has 2 aliphatic carbocycles. The summed E-state index contributed by atoms with van der Waals surface area (Å²) in [6.45, 7) is 4.80. The molecule has 0 aromatic heterocycles. The van der Waals surface area contributed by atoms with E-state index >= 15 is 0 Å². The van der Waals surface area contributed by atoms with Gasteiger partial charge < -0.3 is 4.74 Å². The van der Waals surface area contributed by atoms with Gasteiger partial charge in [-0.25, -0.2) is 0 Å². The zero-order valence-electron chi connectivity index (χ0n) is 11.3. The van der Waals surface area contributed by atoms with E-state index in [1.807, 2.05) is 0 Å². The highest BCUT2D eigenvalue weighted by atomic mass is 16.5. The molecule has 0 aromatic rings. The summed E-state index contributed by atoms with van der Waals surface area (Å²) in [6, 6.07) is 4.39. The lowest BCUT2D eigenvalue weighted by Crippen LogP contribution is -2.38. The van der Waals surface area contributed by atoms with Gasteiger partial charge in [0.1, 0.15) is 5.92 Å². The first-order valence-electron chi connectivity index (χ1n) is 6.90. The van der Waals surface area contributed by atoms with Crippen molar-refractivity contribution in [2.45, 2.75) is 33.1 Å². The van der Waals surface area contributed by atoms with Crippen LogP contribution in [-0.2, 0) is 9.53 Å². The Bertz CT molecular complexity index is 499. The zero-order valence-corrected chi connectivity index (χ0v) is 11.3. The van der Waals surface area contributed by atoms with E-state index in [2.05, 4.69) is 26.0 Å². The highest BCUT2D eigenvalue weighted by Gasteiger charge is 2.68. The molecule has 1 saturated heterocycles. The average Bonchev–Trinajstić information content (AvgIpc) is 2.90. The van der Waals surface area contributed by atoms with E-state index < -0.39 is 5.92 Å². The van der Waals surface area contributed by atoms with Crippen molar-refractivity contribution in [2.24, 2.45) is 34.5 Å². The lowest BCUT2D eigenvalue weighted by atomic mass is 9.64. The minimum Gasteiger partial charge on any atom is -0.465 e. The fraction of sp³-hybridized carbons (Fsp3) is 0.800. The number of hydrogen-bond acceptors (Lipinski definition) is 4. The van der Waals surface area contributed by atoms with Crippen LogP contribution < -0.4 is 0 Å². The SMILES string of the molecule is CC1(C)C[C@H]2C[C@@H]3C(=O)OC[C@@H]3[C@@]2(C(C#N)C#N)C1. The van der Waals surface area contributed by atoms with Crippen molar-refractivity contribution in [3.63, 3.8) is 0 Å². The van der Waals surface area contributed by atoms with E-state index in [4.69, 9.17) is 4.74 Å². The number of fused-ring (bicyclic) bond motifs is 3. The maximum absolute atomic E-state index is 11.8. The number of hydrogen-bond donors (Lipinski definition) is 0. The lowest BCUT2D eigenvalue weighted by molar-refractivity contribution is -0.141. The number of rotatable bonds is 1. The molecule has 0 bridgehead atoms. The molecule has 0 radical (unpaired) electrons. The molecule has 3 aliphatic rings. The maximum Gasteiger partial charge on any atom is 0.309 e. The summed E-state index contributed by atoms with van der Waals surface area (Å²) >= 11 is 0. The molecule has 0 aromatic carbocycles. The van der Waals surface area contributed by atoms with Crippen LogP contribution in [-0.4, -0.2) is 12.6 Å². The standard InChI is InChI=1S/C15H18N2O2/c1-14(2)4-9-3-11-12(7-19-13(11)18)15(9,8-14)10(5-16)6-17/h9-12H,3-4,7-8H2,1-2H3/t9-,11+,12+,15+/m1/s1. The third kappa shape index (κ3) is 1.46. The Morgan fingerprint density at radius 1 is 1.37 bits per heavy atom. The van der Waals surface area contributed by atoms with Crippen molar-refractivity contribution in [1.29, 1.82) is 10.5 Å². The molecule has 4 heteroatoms. The molecule has 0 amide bonds. The number of cyclic esters (lactones) is 1. The van der Waals surface area contributed by atoms with Crippen LogP contribution in [0.25, 0.3) is 0 Å². The van der Waals surface area contributed by atoms with Gasteiger partial charge in [0.05, 0.1) is 24.7 Å². The summed E-state index contributed by atoms with van der Waals surface area (Å²) < 4.78 is 5.20. The topological polar surface area (TPSA) is 73.9 Å². The van der Waals surface area contributed by atoms with Crippen LogP contribution in [0.3, 0.4) is 0 Å². The molecular formula is C15H18N2O2. The quantitative estimate of drug-likeness (QED) is 0.676. The minimum atomic E-state index is -0.622. The Kier molecular flexibility index (Phi) is 2.45. The van der Waals surface area contributed by atoms with Gasteiger partial charge in [-0.3, -0.25) is 4.79 Å². The summed E-state index contributed by atoms with van der Waals surface area (Å²) in [6.07, 6.45) is 2.66. The molecule has 1 aliphatic heterocycles. The zero-order chi connectivity index (χ0) is 13.8. The van der Waals surface area contributed by atoms with E-state index in [0.717, 1.165) is 19.3 Å². The molecule has 0 spiro atoms. The average molecular weight is 258 g/mol. The maximum atomic E-state index is 11.8. The summed E-state index contributed by atoms with van der Waals surface area (Å²) in [4.78, 5) is 11.8. The van der Waals surface area contributed by atoms with E-state index in [-0.39, 0.29) is 28.6 Å². The van der Waals surface area contributed by atoms with Gasteiger partial charge in [-0.2, -0.15) is 10.5 Å². The third-order valence-electron chi connectivity index (χ3n) is 5.56. The first-order valence-corrected chi connectivity index (χ1v) is 6.90. The van der Waals surface area contributed by atoms with Gasteiger partial charge in [0.25, 0.3) is 0 Å². The fourth-order valence-corrected chi connectivity index (χ4v) is 5.12. The highest BCUT2D eigenvalue weighted by Crippen LogP contribution is 2.68. The molecule has 0 unspecified atom stereocenters. The van der Waals surface area contributed by atoms with Gasteiger partial charge in [0.2, 0.25) is 0 Å². The van der Waals surface area contributed by atoms with Crippen molar-refractivity contribution in [1.82, 2.24) is 0 Å². The largest absolute Gasteiger partial charge is 0.465 e. The van der Waals surface area contributed by atoms with Crippen molar-refractivity contribution < 1.29 is 9.53 Å². The van der Waals surface area contributed by atoms with Crippen molar-refractivity contribution in [2.75, 3.05) is 6.61 Å². The van der Waals surface area contributed by atoms with Gasteiger partial charge >= 0.3 is 5.97 Å². The minimum absolute atomic E-state index is 0.0658. The molecule has 100 valence electrons. The number of esters is 1. The number of nitriles is 2. The fourth-order valence-electron chi connectivity index (χ4n) is 5.12. The van der Waals surface area contributed by atoms with Crippen LogP contribution in [0.5, 0.6) is 0 Å². The van der Waals surface area contributed by atoms with Gasteiger partial charge in [-0.15, -0.1) is 0 Å². The molecule has 1 heterocycles. The Labute approximate surface area is 113 Å². The van der Waals surface area contributed by atoms with Gasteiger partial charge in [-0.1, -0.05) is 13.8 Å². The molecule has 3 rings (SSSR count). The van der Waals surface area contributed by atoms with Crippen molar-refractivity contribution in [3.05, 3.63) is 0 Å². The number of nitrogens with zero attached hydrogens (tertiary/aromatic N) is 2. The van der Waals surface area contributed by atoms with E-state index in [9.17, 15) is 15.3 Å². The number of carbonyl (C=O) groups is 1. The third-order valence-corrected chi connectivity index (χ3v) is 5.56. The Hall–Kier alpha value is -1.55. The van der Waals surface area contributed by atoms with Gasteiger partial charge in [0, 0.05) is 11.3 Å². The second kappa shape index (κ2) is 3.73. The predicted octanol–water partition coefficient (Wildman–Crippen LogP) is 2.27. The second-order valence-corrected chi connectivity index (χ2v) is 7.12. The van der Waals surface area contributed by atoms with Gasteiger partial charge in [0.15, 0.2) is 0 Å². The molecular weight excluding hydrogens is 240 g/mol. The van der Waals surface area contributed by atoms with Crippen LogP contribution >= 0.6 is 0 Å². The van der Waals surface area contributed by atoms with Crippen LogP contribution in [0.15, 0.2) is 0 Å². The molecule has 4 nitrogen and oxygen atoms in total. The highest BCUT2D eigenvalue weighted by molar-refractivity contribution is 5.75. The van der Waals surface area contributed by atoms with E-state index in [0.29, 0.717) is 12.5 Å². The number of ether oxygens (including phenoxy) is 1. The van der Waals surface area contributed by atoms with Crippen LogP contribution in [0, 0.1) is 57.2 Å². The Morgan fingerprint density at radius 2 is 2.05 bits per heavy atom. The predicted molar refractivity (Wildman–Crippen MR) is 66.2 cm³/mol. The van der Waals surface area contributed by atoms with E-state index in [1.54, 1.807) is 0 Å². The number of carbonyl (C=O) groups excluding carboxylic acids is 1. The van der Waals surface area contributed by atoms with Crippen LogP contribution in [0.4, 0.5) is 0 Å². The molecule has 3 fully saturated rings. The van der Waals surface area contributed by atoms with Crippen molar-refractivity contribution >= 4 is 5.97 Å². The van der Waals surface area contributed by atoms with Gasteiger partial charge in [-0.05, 0) is 30.6 Å². The van der Waals surface area contributed by atoms with Crippen LogP contribution in [0.1, 0.15) is 33.1 Å². The first-order chi connectivity index (χ1) is 8.94. The van der Waals surface area contributed by atoms with Crippen molar-refractivity contribution in [3.8, 4) is 12.1 Å². The Morgan fingerprint density at radius 3 is 2.68 bits per heavy atom. The monoisotopic (exact) mass is 258 g/mol. The second-order valence-electron chi connectivity index (χ2n) is 7.12. The molecule has 4 atom stereocenters. The first kappa shape index (κ1) is 12.5. The normalized spacial score (nSPS) is 42.4. The molecule has 2 saturated carbocycles.